The average molecular weight is 277 g/mol. The lowest BCUT2D eigenvalue weighted by molar-refractivity contribution is 1.01. The SMILES string of the molecule is CCN(c1cccnc1)c1cccc(Br)c1. The Morgan fingerprint density at radius 3 is 2.62 bits per heavy atom. The summed E-state index contributed by atoms with van der Waals surface area (Å²) in [6.45, 7) is 3.05. The largest absolute Gasteiger partial charge is 0.340 e. The number of benzene rings is 1. The molecule has 82 valence electrons. The van der Waals surface area contributed by atoms with Crippen LogP contribution in [0.4, 0.5) is 11.4 Å². The van der Waals surface area contributed by atoms with Crippen molar-refractivity contribution in [3.63, 3.8) is 0 Å². The molecule has 0 fully saturated rings. The Balaban J connectivity index is 2.37. The van der Waals surface area contributed by atoms with E-state index in [-0.39, 0.29) is 0 Å². The van der Waals surface area contributed by atoms with Gasteiger partial charge in [0.1, 0.15) is 0 Å². The minimum absolute atomic E-state index is 0.919. The molecule has 0 aliphatic heterocycles. The quantitative estimate of drug-likeness (QED) is 0.842. The molecule has 3 heteroatoms. The molecule has 0 radical (unpaired) electrons. The summed E-state index contributed by atoms with van der Waals surface area (Å²) in [7, 11) is 0. The third-order valence-electron chi connectivity index (χ3n) is 2.39. The first-order valence-electron chi connectivity index (χ1n) is 5.24. The van der Waals surface area contributed by atoms with E-state index in [4.69, 9.17) is 0 Å². The monoisotopic (exact) mass is 276 g/mol. The fourth-order valence-corrected chi connectivity index (χ4v) is 2.06. The van der Waals surface area contributed by atoms with Crippen LogP contribution in [0.5, 0.6) is 0 Å². The van der Waals surface area contributed by atoms with Gasteiger partial charge in [-0.25, -0.2) is 0 Å². The second-order valence-electron chi connectivity index (χ2n) is 3.44. The lowest BCUT2D eigenvalue weighted by atomic mass is 10.2. The van der Waals surface area contributed by atoms with Crippen molar-refractivity contribution in [2.75, 3.05) is 11.4 Å². The van der Waals surface area contributed by atoms with E-state index in [0.29, 0.717) is 0 Å². The molecule has 0 atom stereocenters. The first-order valence-corrected chi connectivity index (χ1v) is 6.03. The molecule has 16 heavy (non-hydrogen) atoms. The van der Waals surface area contributed by atoms with Gasteiger partial charge in [-0.15, -0.1) is 0 Å². The van der Waals surface area contributed by atoms with E-state index in [1.807, 2.05) is 24.4 Å². The van der Waals surface area contributed by atoms with Gasteiger partial charge in [-0.2, -0.15) is 0 Å². The molecule has 1 aromatic heterocycles. The highest BCUT2D eigenvalue weighted by Crippen LogP contribution is 2.26. The Labute approximate surface area is 104 Å². The normalized spacial score (nSPS) is 10.1. The smallest absolute Gasteiger partial charge is 0.0597 e. The highest BCUT2D eigenvalue weighted by molar-refractivity contribution is 9.10. The number of hydrogen-bond acceptors (Lipinski definition) is 2. The van der Waals surface area contributed by atoms with E-state index < -0.39 is 0 Å². The molecule has 0 aliphatic rings. The van der Waals surface area contributed by atoms with Crippen LogP contribution in [-0.2, 0) is 0 Å². The van der Waals surface area contributed by atoms with Crippen LogP contribution in [-0.4, -0.2) is 11.5 Å². The van der Waals surface area contributed by atoms with E-state index in [0.717, 1.165) is 16.7 Å². The van der Waals surface area contributed by atoms with Crippen LogP contribution in [0.25, 0.3) is 0 Å². The maximum Gasteiger partial charge on any atom is 0.0597 e. The molecule has 2 rings (SSSR count). The first kappa shape index (κ1) is 11.1. The van der Waals surface area contributed by atoms with Crippen LogP contribution < -0.4 is 4.90 Å². The van der Waals surface area contributed by atoms with Gasteiger partial charge in [0, 0.05) is 22.9 Å². The number of nitrogens with zero attached hydrogens (tertiary/aromatic N) is 2. The van der Waals surface area contributed by atoms with E-state index in [1.165, 1.54) is 5.69 Å². The van der Waals surface area contributed by atoms with Crippen molar-refractivity contribution in [2.45, 2.75) is 6.92 Å². The van der Waals surface area contributed by atoms with Gasteiger partial charge in [0.25, 0.3) is 0 Å². The third kappa shape index (κ3) is 2.42. The van der Waals surface area contributed by atoms with Crippen molar-refractivity contribution in [1.82, 2.24) is 4.98 Å². The van der Waals surface area contributed by atoms with Crippen LogP contribution in [0.3, 0.4) is 0 Å². The Morgan fingerprint density at radius 1 is 1.19 bits per heavy atom. The van der Waals surface area contributed by atoms with Gasteiger partial charge in [-0.3, -0.25) is 4.98 Å². The standard InChI is InChI=1S/C13H13BrN2/c1-2-16(13-7-4-8-15-10-13)12-6-3-5-11(14)9-12/h3-10H,2H2,1H3. The Morgan fingerprint density at radius 2 is 2.00 bits per heavy atom. The van der Waals surface area contributed by atoms with Crippen molar-refractivity contribution in [1.29, 1.82) is 0 Å². The molecule has 0 amide bonds. The number of anilines is 2. The minimum atomic E-state index is 0.919. The molecule has 1 aromatic carbocycles. The summed E-state index contributed by atoms with van der Waals surface area (Å²) in [5, 5.41) is 0. The Kier molecular flexibility index (Phi) is 3.57. The second-order valence-corrected chi connectivity index (χ2v) is 4.35. The van der Waals surface area contributed by atoms with Crippen molar-refractivity contribution in [2.24, 2.45) is 0 Å². The molecule has 0 bridgehead atoms. The lowest BCUT2D eigenvalue weighted by Crippen LogP contribution is -2.15. The summed E-state index contributed by atoms with van der Waals surface area (Å²) in [4.78, 5) is 6.37. The molecule has 0 spiro atoms. The van der Waals surface area contributed by atoms with Gasteiger partial charge in [0.05, 0.1) is 11.9 Å². The Hall–Kier alpha value is -1.35. The van der Waals surface area contributed by atoms with Gasteiger partial charge < -0.3 is 4.90 Å². The van der Waals surface area contributed by atoms with Crippen LogP contribution in [0.2, 0.25) is 0 Å². The van der Waals surface area contributed by atoms with E-state index in [1.54, 1.807) is 6.20 Å². The molecule has 0 saturated carbocycles. The van der Waals surface area contributed by atoms with Crippen molar-refractivity contribution >= 4 is 27.3 Å². The predicted octanol–water partition coefficient (Wildman–Crippen LogP) is 4.00. The van der Waals surface area contributed by atoms with Crippen molar-refractivity contribution < 1.29 is 0 Å². The minimum Gasteiger partial charge on any atom is -0.340 e. The fourth-order valence-electron chi connectivity index (χ4n) is 1.67. The molecule has 0 unspecified atom stereocenters. The summed E-state index contributed by atoms with van der Waals surface area (Å²) in [5.74, 6) is 0. The van der Waals surface area contributed by atoms with Gasteiger partial charge in [-0.1, -0.05) is 22.0 Å². The van der Waals surface area contributed by atoms with E-state index in [2.05, 4.69) is 50.9 Å². The number of halogens is 1. The van der Waals surface area contributed by atoms with Gasteiger partial charge in [-0.05, 0) is 37.3 Å². The zero-order valence-electron chi connectivity index (χ0n) is 9.10. The zero-order chi connectivity index (χ0) is 11.4. The highest BCUT2D eigenvalue weighted by atomic mass is 79.9. The summed E-state index contributed by atoms with van der Waals surface area (Å²) < 4.78 is 1.09. The zero-order valence-corrected chi connectivity index (χ0v) is 10.7. The summed E-state index contributed by atoms with van der Waals surface area (Å²) in [5.41, 5.74) is 2.29. The average Bonchev–Trinajstić information content (AvgIpc) is 2.31. The number of pyridine rings is 1. The Bertz CT molecular complexity index is 456. The van der Waals surface area contributed by atoms with Gasteiger partial charge >= 0.3 is 0 Å². The maximum atomic E-state index is 4.15. The molecular weight excluding hydrogens is 264 g/mol. The van der Waals surface area contributed by atoms with E-state index in [9.17, 15) is 0 Å². The molecule has 2 nitrogen and oxygen atoms in total. The molecule has 0 aliphatic carbocycles. The van der Waals surface area contributed by atoms with Crippen LogP contribution >= 0.6 is 15.9 Å². The van der Waals surface area contributed by atoms with Gasteiger partial charge in [0.15, 0.2) is 0 Å². The number of hydrogen-bond donors (Lipinski definition) is 0. The third-order valence-corrected chi connectivity index (χ3v) is 2.89. The summed E-state index contributed by atoms with van der Waals surface area (Å²) in [6.07, 6.45) is 3.67. The second kappa shape index (κ2) is 5.12. The maximum absolute atomic E-state index is 4.15. The molecule has 0 saturated heterocycles. The molecule has 0 N–H and O–H groups in total. The number of rotatable bonds is 3. The van der Waals surface area contributed by atoms with Crippen LogP contribution in [0, 0.1) is 0 Å². The summed E-state index contributed by atoms with van der Waals surface area (Å²) in [6, 6.07) is 12.3. The van der Waals surface area contributed by atoms with Crippen LogP contribution in [0.15, 0.2) is 53.3 Å². The number of aromatic nitrogens is 1. The molecule has 1 heterocycles. The predicted molar refractivity (Wildman–Crippen MR) is 71.1 cm³/mol. The van der Waals surface area contributed by atoms with Crippen LogP contribution in [0.1, 0.15) is 6.92 Å². The first-order chi connectivity index (χ1) is 7.81. The topological polar surface area (TPSA) is 16.1 Å². The fraction of sp³-hybridized carbons (Fsp3) is 0.154. The van der Waals surface area contributed by atoms with Gasteiger partial charge in [0.2, 0.25) is 0 Å². The summed E-state index contributed by atoms with van der Waals surface area (Å²) >= 11 is 3.49. The molecule has 2 aromatic rings. The van der Waals surface area contributed by atoms with Crippen molar-refractivity contribution in [3.8, 4) is 0 Å². The van der Waals surface area contributed by atoms with E-state index >= 15 is 0 Å². The molecular formula is C13H13BrN2. The lowest BCUT2D eigenvalue weighted by Gasteiger charge is -2.22. The highest BCUT2D eigenvalue weighted by Gasteiger charge is 2.06. The van der Waals surface area contributed by atoms with Crippen molar-refractivity contribution in [3.05, 3.63) is 53.3 Å².